The molecule has 1 N–H and O–H groups in total. The summed E-state index contributed by atoms with van der Waals surface area (Å²) < 4.78 is 0. The maximum Gasteiger partial charge on any atom is 0.168 e. The fourth-order valence-corrected chi connectivity index (χ4v) is 2.60. The zero-order chi connectivity index (χ0) is 12.7. The second kappa shape index (κ2) is 7.88. The zero-order valence-corrected chi connectivity index (χ0v) is 12.4. The lowest BCUT2D eigenvalue weighted by Gasteiger charge is -2.34. The Kier molecular flexibility index (Phi) is 6.82. The second-order valence-corrected chi connectivity index (χ2v) is 5.66. The van der Waals surface area contributed by atoms with Gasteiger partial charge in [0.25, 0.3) is 0 Å². The van der Waals surface area contributed by atoms with Gasteiger partial charge in [0.1, 0.15) is 0 Å². The summed E-state index contributed by atoms with van der Waals surface area (Å²) in [6.07, 6.45) is 4.97. The second-order valence-electron chi connectivity index (χ2n) is 5.28. The summed E-state index contributed by atoms with van der Waals surface area (Å²) in [7, 11) is 4.31. The van der Waals surface area contributed by atoms with Crippen LogP contribution in [0.1, 0.15) is 32.6 Å². The van der Waals surface area contributed by atoms with Gasteiger partial charge < -0.3 is 15.1 Å². The van der Waals surface area contributed by atoms with Gasteiger partial charge in [-0.05, 0) is 51.5 Å². The number of hydrogen-bond acceptors (Lipinski definition) is 2. The van der Waals surface area contributed by atoms with Crippen molar-refractivity contribution in [1.82, 2.24) is 15.1 Å². The largest absolute Gasteiger partial charge is 0.363 e. The van der Waals surface area contributed by atoms with Crippen LogP contribution in [0, 0.1) is 5.92 Å². The van der Waals surface area contributed by atoms with Gasteiger partial charge in [-0.15, -0.1) is 0 Å². The minimum atomic E-state index is 0.847. The molecule has 1 heterocycles. The van der Waals surface area contributed by atoms with Gasteiger partial charge in [0, 0.05) is 26.2 Å². The number of nitrogens with one attached hydrogen (secondary N) is 1. The SMILES string of the molecule is CCCCNC(=S)N1CCC(CN(C)C)CC1. The average molecular weight is 257 g/mol. The van der Waals surface area contributed by atoms with Crippen LogP contribution in [-0.2, 0) is 0 Å². The number of piperidine rings is 1. The highest BCUT2D eigenvalue weighted by atomic mass is 32.1. The molecule has 1 fully saturated rings. The fourth-order valence-electron chi connectivity index (χ4n) is 2.32. The molecule has 1 aliphatic rings. The third-order valence-electron chi connectivity index (χ3n) is 3.33. The van der Waals surface area contributed by atoms with Gasteiger partial charge >= 0.3 is 0 Å². The smallest absolute Gasteiger partial charge is 0.168 e. The Labute approximate surface area is 112 Å². The topological polar surface area (TPSA) is 18.5 Å². The third kappa shape index (κ3) is 5.68. The number of hydrogen-bond donors (Lipinski definition) is 1. The lowest BCUT2D eigenvalue weighted by atomic mass is 9.97. The van der Waals surface area contributed by atoms with Crippen LogP contribution in [0.5, 0.6) is 0 Å². The Balaban J connectivity index is 2.19. The van der Waals surface area contributed by atoms with Crippen molar-refractivity contribution in [3.8, 4) is 0 Å². The Morgan fingerprint density at radius 1 is 1.35 bits per heavy atom. The predicted molar refractivity (Wildman–Crippen MR) is 78.4 cm³/mol. The maximum absolute atomic E-state index is 5.42. The van der Waals surface area contributed by atoms with Gasteiger partial charge in [-0.3, -0.25) is 0 Å². The van der Waals surface area contributed by atoms with Crippen molar-refractivity contribution < 1.29 is 0 Å². The summed E-state index contributed by atoms with van der Waals surface area (Å²) in [5.74, 6) is 0.847. The zero-order valence-electron chi connectivity index (χ0n) is 11.5. The summed E-state index contributed by atoms with van der Waals surface area (Å²) in [6.45, 7) is 6.68. The van der Waals surface area contributed by atoms with E-state index in [1.165, 1.54) is 32.2 Å². The molecule has 0 radical (unpaired) electrons. The van der Waals surface area contributed by atoms with Gasteiger partial charge in [0.2, 0.25) is 0 Å². The van der Waals surface area contributed by atoms with E-state index in [0.29, 0.717) is 0 Å². The van der Waals surface area contributed by atoms with Crippen molar-refractivity contribution >= 4 is 17.3 Å². The van der Waals surface area contributed by atoms with Crippen LogP contribution in [0.4, 0.5) is 0 Å². The van der Waals surface area contributed by atoms with E-state index in [4.69, 9.17) is 12.2 Å². The maximum atomic E-state index is 5.42. The molecule has 0 aromatic rings. The van der Waals surface area contributed by atoms with Gasteiger partial charge in [-0.25, -0.2) is 0 Å². The molecule has 100 valence electrons. The highest BCUT2D eigenvalue weighted by Gasteiger charge is 2.20. The summed E-state index contributed by atoms with van der Waals surface area (Å²) in [6, 6.07) is 0. The molecule has 0 bridgehead atoms. The molecule has 0 aliphatic carbocycles. The van der Waals surface area contributed by atoms with E-state index in [2.05, 4.69) is 36.1 Å². The fraction of sp³-hybridized carbons (Fsp3) is 0.923. The average Bonchev–Trinajstić information content (AvgIpc) is 2.29. The lowest BCUT2D eigenvalue weighted by Crippen LogP contribution is -2.45. The third-order valence-corrected chi connectivity index (χ3v) is 3.73. The quantitative estimate of drug-likeness (QED) is 0.599. The van der Waals surface area contributed by atoms with Crippen LogP contribution in [0.15, 0.2) is 0 Å². The summed E-state index contributed by atoms with van der Waals surface area (Å²) in [5, 5.41) is 4.32. The first kappa shape index (κ1) is 14.7. The molecule has 17 heavy (non-hydrogen) atoms. The standard InChI is InChI=1S/C13H27N3S/c1-4-5-8-14-13(17)16-9-6-12(7-10-16)11-15(2)3/h12H,4-11H2,1-3H3,(H,14,17). The molecule has 0 atom stereocenters. The van der Waals surface area contributed by atoms with E-state index < -0.39 is 0 Å². The van der Waals surface area contributed by atoms with E-state index in [1.54, 1.807) is 0 Å². The van der Waals surface area contributed by atoms with Gasteiger partial charge in [0.15, 0.2) is 5.11 Å². The van der Waals surface area contributed by atoms with Crippen molar-refractivity contribution in [2.75, 3.05) is 40.3 Å². The van der Waals surface area contributed by atoms with Crippen LogP contribution in [0.25, 0.3) is 0 Å². The summed E-state index contributed by atoms with van der Waals surface area (Å²) >= 11 is 5.42. The van der Waals surface area contributed by atoms with Crippen LogP contribution in [-0.4, -0.2) is 55.2 Å². The predicted octanol–water partition coefficient (Wildman–Crippen LogP) is 1.93. The number of likely N-dealkylation sites (tertiary alicyclic amines) is 1. The van der Waals surface area contributed by atoms with Crippen LogP contribution in [0.3, 0.4) is 0 Å². The summed E-state index contributed by atoms with van der Waals surface area (Å²) in [4.78, 5) is 4.62. The molecule has 0 aromatic heterocycles. The Morgan fingerprint density at radius 2 is 2.00 bits per heavy atom. The monoisotopic (exact) mass is 257 g/mol. The normalized spacial score (nSPS) is 17.5. The molecule has 0 unspecified atom stereocenters. The Hall–Kier alpha value is -0.350. The van der Waals surface area contributed by atoms with Crippen molar-refractivity contribution in [2.45, 2.75) is 32.6 Å². The molecule has 4 heteroatoms. The molecule has 0 saturated carbocycles. The lowest BCUT2D eigenvalue weighted by molar-refractivity contribution is 0.218. The van der Waals surface area contributed by atoms with Gasteiger partial charge in [0.05, 0.1) is 0 Å². The van der Waals surface area contributed by atoms with E-state index in [9.17, 15) is 0 Å². The Morgan fingerprint density at radius 3 is 2.53 bits per heavy atom. The Bertz CT molecular complexity index is 223. The minimum Gasteiger partial charge on any atom is -0.363 e. The highest BCUT2D eigenvalue weighted by Crippen LogP contribution is 2.17. The number of nitrogens with zero attached hydrogens (tertiary/aromatic N) is 2. The molecule has 0 amide bonds. The van der Waals surface area contributed by atoms with E-state index >= 15 is 0 Å². The van der Waals surface area contributed by atoms with Crippen molar-refractivity contribution in [1.29, 1.82) is 0 Å². The molecule has 1 rings (SSSR count). The van der Waals surface area contributed by atoms with Gasteiger partial charge in [-0.2, -0.15) is 0 Å². The molecule has 0 spiro atoms. The van der Waals surface area contributed by atoms with Crippen molar-refractivity contribution in [3.05, 3.63) is 0 Å². The number of thiocarbonyl (C=S) groups is 1. The molecular weight excluding hydrogens is 230 g/mol. The number of unbranched alkanes of at least 4 members (excludes halogenated alkanes) is 1. The molecule has 1 saturated heterocycles. The molecule has 1 aliphatic heterocycles. The van der Waals surface area contributed by atoms with Crippen molar-refractivity contribution in [2.24, 2.45) is 5.92 Å². The molecular formula is C13H27N3S. The highest BCUT2D eigenvalue weighted by molar-refractivity contribution is 7.80. The van der Waals surface area contributed by atoms with Crippen LogP contribution in [0.2, 0.25) is 0 Å². The van der Waals surface area contributed by atoms with Gasteiger partial charge in [-0.1, -0.05) is 13.3 Å². The van der Waals surface area contributed by atoms with Crippen LogP contribution >= 0.6 is 12.2 Å². The first-order chi connectivity index (χ1) is 8.13. The number of rotatable bonds is 5. The summed E-state index contributed by atoms with van der Waals surface area (Å²) in [5.41, 5.74) is 0. The van der Waals surface area contributed by atoms with E-state index in [1.807, 2.05) is 0 Å². The molecule has 0 aromatic carbocycles. The minimum absolute atomic E-state index is 0.847. The first-order valence-electron chi connectivity index (χ1n) is 6.81. The van der Waals surface area contributed by atoms with Crippen LogP contribution < -0.4 is 5.32 Å². The first-order valence-corrected chi connectivity index (χ1v) is 7.21. The van der Waals surface area contributed by atoms with E-state index in [-0.39, 0.29) is 0 Å². The van der Waals surface area contributed by atoms with Crippen molar-refractivity contribution in [3.63, 3.8) is 0 Å². The molecule has 3 nitrogen and oxygen atoms in total. The van der Waals surface area contributed by atoms with E-state index in [0.717, 1.165) is 30.7 Å².